The van der Waals surface area contributed by atoms with E-state index < -0.39 is 0 Å². The molecule has 1 fully saturated rings. The summed E-state index contributed by atoms with van der Waals surface area (Å²) >= 11 is 0. The lowest BCUT2D eigenvalue weighted by atomic mass is 9.90. The number of ether oxygens (including phenoxy) is 1. The molecule has 3 nitrogen and oxygen atoms in total. The van der Waals surface area contributed by atoms with Gasteiger partial charge in [0, 0.05) is 0 Å². The number of aliphatic hydroxyl groups excluding tert-OH is 1. The molecule has 0 spiro atoms. The van der Waals surface area contributed by atoms with Crippen molar-refractivity contribution in [2.75, 3.05) is 6.61 Å². The van der Waals surface area contributed by atoms with Gasteiger partial charge >= 0.3 is 5.97 Å². The SMILES string of the molecule is O=C(Cc1ccc(-c2ccc(CO)cc2)cc1)OCC1CCCCC1. The topological polar surface area (TPSA) is 46.5 Å². The molecule has 132 valence electrons. The zero-order chi connectivity index (χ0) is 17.5. The lowest BCUT2D eigenvalue weighted by Crippen LogP contribution is -2.17. The molecule has 0 aliphatic heterocycles. The molecule has 1 aliphatic rings. The molecule has 0 saturated heterocycles. The molecule has 1 aliphatic carbocycles. The van der Waals surface area contributed by atoms with E-state index in [2.05, 4.69) is 0 Å². The van der Waals surface area contributed by atoms with Crippen molar-refractivity contribution < 1.29 is 14.6 Å². The van der Waals surface area contributed by atoms with E-state index in [1.165, 1.54) is 32.1 Å². The van der Waals surface area contributed by atoms with Gasteiger partial charge in [-0.25, -0.2) is 0 Å². The fourth-order valence-electron chi connectivity index (χ4n) is 3.40. The fourth-order valence-corrected chi connectivity index (χ4v) is 3.40. The molecule has 3 rings (SSSR count). The molecule has 0 bridgehead atoms. The van der Waals surface area contributed by atoms with Gasteiger partial charge in [-0.05, 0) is 41.0 Å². The summed E-state index contributed by atoms with van der Waals surface area (Å²) in [5, 5.41) is 9.10. The van der Waals surface area contributed by atoms with Crippen LogP contribution in [0.25, 0.3) is 11.1 Å². The van der Waals surface area contributed by atoms with Gasteiger partial charge in [-0.15, -0.1) is 0 Å². The van der Waals surface area contributed by atoms with Crippen LogP contribution in [0.1, 0.15) is 43.2 Å². The highest BCUT2D eigenvalue weighted by Crippen LogP contribution is 2.24. The molecule has 0 aromatic heterocycles. The first kappa shape index (κ1) is 17.7. The Morgan fingerprint density at radius 2 is 1.44 bits per heavy atom. The molecule has 0 atom stereocenters. The maximum Gasteiger partial charge on any atom is 0.310 e. The summed E-state index contributed by atoms with van der Waals surface area (Å²) in [6, 6.07) is 15.9. The third-order valence-corrected chi connectivity index (χ3v) is 4.98. The predicted molar refractivity (Wildman–Crippen MR) is 99.0 cm³/mol. The zero-order valence-corrected chi connectivity index (χ0v) is 14.6. The third kappa shape index (κ3) is 5.17. The molecular weight excluding hydrogens is 312 g/mol. The van der Waals surface area contributed by atoms with Crippen LogP contribution in [-0.2, 0) is 22.6 Å². The van der Waals surface area contributed by atoms with Crippen LogP contribution in [0.3, 0.4) is 0 Å². The number of carbonyl (C=O) groups is 1. The molecule has 0 radical (unpaired) electrons. The highest BCUT2D eigenvalue weighted by Gasteiger charge is 2.15. The van der Waals surface area contributed by atoms with Gasteiger partial charge in [-0.2, -0.15) is 0 Å². The minimum atomic E-state index is -0.134. The average Bonchev–Trinajstić information content (AvgIpc) is 2.68. The Labute approximate surface area is 149 Å². The van der Waals surface area contributed by atoms with E-state index in [4.69, 9.17) is 9.84 Å². The summed E-state index contributed by atoms with van der Waals surface area (Å²) in [7, 11) is 0. The minimum absolute atomic E-state index is 0.0577. The maximum atomic E-state index is 12.0. The summed E-state index contributed by atoms with van der Waals surface area (Å²) < 4.78 is 5.46. The molecule has 1 N–H and O–H groups in total. The normalized spacial score (nSPS) is 15.1. The van der Waals surface area contributed by atoms with Gasteiger partial charge in [0.2, 0.25) is 0 Å². The Balaban J connectivity index is 1.51. The van der Waals surface area contributed by atoms with E-state index in [1.807, 2.05) is 48.5 Å². The first-order valence-corrected chi connectivity index (χ1v) is 9.19. The predicted octanol–water partition coefficient (Wildman–Crippen LogP) is 4.51. The molecule has 3 heteroatoms. The van der Waals surface area contributed by atoms with Crippen molar-refractivity contribution in [3.05, 3.63) is 59.7 Å². The molecule has 25 heavy (non-hydrogen) atoms. The van der Waals surface area contributed by atoms with Crippen LogP contribution in [-0.4, -0.2) is 17.7 Å². The van der Waals surface area contributed by atoms with Crippen LogP contribution in [0.4, 0.5) is 0 Å². The molecule has 2 aromatic rings. The second-order valence-electron chi connectivity index (χ2n) is 6.92. The van der Waals surface area contributed by atoms with Gasteiger partial charge in [-0.1, -0.05) is 67.8 Å². The Bertz CT molecular complexity index is 667. The van der Waals surface area contributed by atoms with Gasteiger partial charge in [-0.3, -0.25) is 4.79 Å². The summed E-state index contributed by atoms with van der Waals surface area (Å²) in [6.07, 6.45) is 6.57. The van der Waals surface area contributed by atoms with Crippen LogP contribution in [0.5, 0.6) is 0 Å². The van der Waals surface area contributed by atoms with Crippen molar-refractivity contribution in [3.8, 4) is 11.1 Å². The highest BCUT2D eigenvalue weighted by atomic mass is 16.5. The van der Waals surface area contributed by atoms with E-state index in [-0.39, 0.29) is 12.6 Å². The smallest absolute Gasteiger partial charge is 0.310 e. The molecule has 2 aromatic carbocycles. The quantitative estimate of drug-likeness (QED) is 0.788. The van der Waals surface area contributed by atoms with E-state index in [0.717, 1.165) is 22.3 Å². The van der Waals surface area contributed by atoms with Crippen molar-refractivity contribution in [3.63, 3.8) is 0 Å². The summed E-state index contributed by atoms with van der Waals surface area (Å²) in [5.41, 5.74) is 4.08. The number of esters is 1. The van der Waals surface area contributed by atoms with Crippen LogP contribution in [0, 0.1) is 5.92 Å². The van der Waals surface area contributed by atoms with E-state index in [9.17, 15) is 4.79 Å². The number of carbonyl (C=O) groups excluding carboxylic acids is 1. The Morgan fingerprint density at radius 3 is 2.00 bits per heavy atom. The van der Waals surface area contributed by atoms with Crippen molar-refractivity contribution in [1.82, 2.24) is 0 Å². The highest BCUT2D eigenvalue weighted by molar-refractivity contribution is 5.73. The second-order valence-corrected chi connectivity index (χ2v) is 6.92. The molecule has 0 amide bonds. The van der Waals surface area contributed by atoms with Gasteiger partial charge in [0.15, 0.2) is 0 Å². The molecule has 1 saturated carbocycles. The van der Waals surface area contributed by atoms with E-state index in [1.54, 1.807) is 0 Å². The standard InChI is InChI=1S/C22H26O3/c23-15-18-8-12-21(13-9-18)20-10-6-17(7-11-20)14-22(24)25-16-19-4-2-1-3-5-19/h6-13,19,23H,1-5,14-16H2. The van der Waals surface area contributed by atoms with Crippen LogP contribution >= 0.6 is 0 Å². The number of hydrogen-bond acceptors (Lipinski definition) is 3. The molecule has 0 heterocycles. The summed E-state index contributed by atoms with van der Waals surface area (Å²) in [5.74, 6) is 0.424. The number of hydrogen-bond donors (Lipinski definition) is 1. The largest absolute Gasteiger partial charge is 0.465 e. The molecular formula is C22H26O3. The van der Waals surface area contributed by atoms with Crippen LogP contribution in [0.15, 0.2) is 48.5 Å². The van der Waals surface area contributed by atoms with Crippen molar-refractivity contribution >= 4 is 5.97 Å². The van der Waals surface area contributed by atoms with Crippen molar-refractivity contribution in [1.29, 1.82) is 0 Å². The Kier molecular flexibility index (Phi) is 6.24. The van der Waals surface area contributed by atoms with Gasteiger partial charge in [0.05, 0.1) is 19.6 Å². The third-order valence-electron chi connectivity index (χ3n) is 4.98. The lowest BCUT2D eigenvalue weighted by molar-refractivity contribution is -0.144. The second kappa shape index (κ2) is 8.82. The zero-order valence-electron chi connectivity index (χ0n) is 14.6. The monoisotopic (exact) mass is 338 g/mol. The first-order valence-electron chi connectivity index (χ1n) is 9.19. The minimum Gasteiger partial charge on any atom is -0.465 e. The number of rotatable bonds is 6. The van der Waals surface area contributed by atoms with Gasteiger partial charge < -0.3 is 9.84 Å². The number of benzene rings is 2. The van der Waals surface area contributed by atoms with Gasteiger partial charge in [0.1, 0.15) is 0 Å². The van der Waals surface area contributed by atoms with E-state index >= 15 is 0 Å². The molecule has 0 unspecified atom stereocenters. The van der Waals surface area contributed by atoms with E-state index in [0.29, 0.717) is 18.9 Å². The summed E-state index contributed by atoms with van der Waals surface area (Å²) in [4.78, 5) is 12.0. The van der Waals surface area contributed by atoms with Gasteiger partial charge in [0.25, 0.3) is 0 Å². The van der Waals surface area contributed by atoms with Crippen molar-refractivity contribution in [2.24, 2.45) is 5.92 Å². The van der Waals surface area contributed by atoms with Crippen molar-refractivity contribution in [2.45, 2.75) is 45.1 Å². The maximum absolute atomic E-state index is 12.0. The van der Waals surface area contributed by atoms with Crippen LogP contribution in [0.2, 0.25) is 0 Å². The summed E-state index contributed by atoms with van der Waals surface area (Å²) in [6.45, 7) is 0.635. The fraction of sp³-hybridized carbons (Fsp3) is 0.409. The lowest BCUT2D eigenvalue weighted by Gasteiger charge is -2.21. The number of aliphatic hydroxyl groups is 1. The Hall–Kier alpha value is -2.13. The average molecular weight is 338 g/mol. The Morgan fingerprint density at radius 1 is 0.880 bits per heavy atom. The van der Waals surface area contributed by atoms with Crippen LogP contribution < -0.4 is 0 Å². The first-order chi connectivity index (χ1) is 12.2.